The van der Waals surface area contributed by atoms with Crippen molar-refractivity contribution < 1.29 is 18.7 Å². The molecular weight excluding hydrogens is 391 g/mol. The van der Waals surface area contributed by atoms with Gasteiger partial charge in [-0.2, -0.15) is 5.10 Å². The molecule has 5 rings (SSSR count). The van der Waals surface area contributed by atoms with Crippen molar-refractivity contribution in [2.45, 2.75) is 32.0 Å². The maximum atomic E-state index is 14.2. The van der Waals surface area contributed by atoms with E-state index < -0.39 is 5.82 Å². The van der Waals surface area contributed by atoms with Gasteiger partial charge in [-0.25, -0.2) is 18.9 Å². The number of pyridine rings is 1. The van der Waals surface area contributed by atoms with E-state index in [0.29, 0.717) is 41.7 Å². The molecular formula is C20H21FN6O3. The smallest absolute Gasteiger partial charge is 0.256 e. The molecule has 2 aliphatic heterocycles. The molecule has 30 heavy (non-hydrogen) atoms. The summed E-state index contributed by atoms with van der Waals surface area (Å²) < 4.78 is 27.5. The lowest BCUT2D eigenvalue weighted by atomic mass is 10.0. The highest BCUT2D eigenvalue weighted by atomic mass is 19.1. The predicted molar refractivity (Wildman–Crippen MR) is 105 cm³/mol. The standard InChI is InChI=1S/C20H21FN6O3/c1-11-9-29-10-16-14-5-13(21)7-23-20(14)30-12(2)6-22-19(28)15-8-24-26-4-3-17(27(11)16)25-18(15)26/h3-5,7-8,11-12,16H,6,9-10H2,1-2H3,(H,22,28)/t11-,12+,16-/m1/s1. The summed E-state index contributed by atoms with van der Waals surface area (Å²) in [5.41, 5.74) is 1.41. The number of ether oxygens (including phenoxy) is 2. The zero-order chi connectivity index (χ0) is 20.8. The molecule has 0 saturated carbocycles. The van der Waals surface area contributed by atoms with E-state index >= 15 is 0 Å². The predicted octanol–water partition coefficient (Wildman–Crippen LogP) is 1.74. The fraction of sp³-hybridized carbons (Fsp3) is 0.400. The van der Waals surface area contributed by atoms with Gasteiger partial charge < -0.3 is 19.7 Å². The number of nitrogens with one attached hydrogen (secondary N) is 1. The molecule has 10 heteroatoms. The number of halogens is 1. The fourth-order valence-corrected chi connectivity index (χ4v) is 3.95. The highest BCUT2D eigenvalue weighted by molar-refractivity contribution is 5.99. The van der Waals surface area contributed by atoms with Crippen LogP contribution in [0.1, 0.15) is 35.8 Å². The van der Waals surface area contributed by atoms with Gasteiger partial charge in [-0.1, -0.05) is 0 Å². The highest BCUT2D eigenvalue weighted by Gasteiger charge is 2.34. The van der Waals surface area contributed by atoms with E-state index in [2.05, 4.69) is 20.3 Å². The molecule has 2 bridgehead atoms. The largest absolute Gasteiger partial charge is 0.473 e. The van der Waals surface area contributed by atoms with Crippen molar-refractivity contribution in [1.82, 2.24) is 24.9 Å². The number of morpholine rings is 1. The number of nitrogens with zero attached hydrogens (tertiary/aromatic N) is 5. The van der Waals surface area contributed by atoms with Gasteiger partial charge in [0, 0.05) is 11.8 Å². The van der Waals surface area contributed by atoms with Gasteiger partial charge in [0.05, 0.1) is 44.2 Å². The molecule has 3 atom stereocenters. The van der Waals surface area contributed by atoms with Gasteiger partial charge in [0.1, 0.15) is 23.3 Å². The summed E-state index contributed by atoms with van der Waals surface area (Å²) in [6, 6.07) is 2.85. The Hall–Kier alpha value is -3.27. The van der Waals surface area contributed by atoms with E-state index in [0.717, 1.165) is 6.20 Å². The molecule has 0 unspecified atom stereocenters. The molecule has 156 valence electrons. The molecule has 0 radical (unpaired) electrons. The molecule has 9 nitrogen and oxygen atoms in total. The number of rotatable bonds is 0. The fourth-order valence-electron chi connectivity index (χ4n) is 3.95. The average molecular weight is 412 g/mol. The second-order valence-electron chi connectivity index (χ2n) is 7.61. The van der Waals surface area contributed by atoms with Crippen LogP contribution in [0.2, 0.25) is 0 Å². The first-order chi connectivity index (χ1) is 14.5. The number of hydrogen-bond donors (Lipinski definition) is 1. The van der Waals surface area contributed by atoms with Crippen molar-refractivity contribution in [2.24, 2.45) is 0 Å². The van der Waals surface area contributed by atoms with Crippen LogP contribution < -0.4 is 15.0 Å². The zero-order valence-electron chi connectivity index (χ0n) is 16.6. The Kier molecular flexibility index (Phi) is 4.50. The van der Waals surface area contributed by atoms with E-state index in [1.165, 1.54) is 12.3 Å². The number of aromatic nitrogens is 4. The van der Waals surface area contributed by atoms with E-state index in [4.69, 9.17) is 14.5 Å². The molecule has 0 aromatic carbocycles. The van der Waals surface area contributed by atoms with Gasteiger partial charge in [-0.05, 0) is 26.0 Å². The molecule has 0 spiro atoms. The SMILES string of the molecule is C[C@@H]1COC[C@@H]2c3cc(F)cnc3O[C@@H](C)CNC(=O)c3cnn4ccc(nc34)N12. The number of anilines is 1. The number of amides is 1. The monoisotopic (exact) mass is 412 g/mol. The van der Waals surface area contributed by atoms with Crippen molar-refractivity contribution in [3.05, 3.63) is 47.7 Å². The Bertz CT molecular complexity index is 1120. The Balaban J connectivity index is 1.72. The van der Waals surface area contributed by atoms with Crippen LogP contribution in [-0.4, -0.2) is 57.4 Å². The van der Waals surface area contributed by atoms with Gasteiger partial charge >= 0.3 is 0 Å². The third kappa shape index (κ3) is 3.13. The molecule has 1 saturated heterocycles. The average Bonchev–Trinajstić information content (AvgIpc) is 3.16. The number of carbonyl (C=O) groups excluding carboxylic acids is 1. The summed E-state index contributed by atoms with van der Waals surface area (Å²) in [7, 11) is 0. The third-order valence-electron chi connectivity index (χ3n) is 5.38. The Morgan fingerprint density at radius 3 is 3.00 bits per heavy atom. The number of hydrogen-bond acceptors (Lipinski definition) is 7. The molecule has 5 heterocycles. The molecule has 0 aliphatic carbocycles. The Morgan fingerprint density at radius 2 is 2.13 bits per heavy atom. The van der Waals surface area contributed by atoms with Gasteiger partial charge in [-0.3, -0.25) is 4.79 Å². The lowest BCUT2D eigenvalue weighted by Gasteiger charge is -2.41. The summed E-state index contributed by atoms with van der Waals surface area (Å²) in [4.78, 5) is 23.7. The lowest BCUT2D eigenvalue weighted by Crippen LogP contribution is -2.46. The molecule has 1 N–H and O–H groups in total. The first-order valence-corrected chi connectivity index (χ1v) is 9.82. The summed E-state index contributed by atoms with van der Waals surface area (Å²) in [5.74, 6) is 0.208. The number of carbonyl (C=O) groups is 1. The second-order valence-corrected chi connectivity index (χ2v) is 7.61. The summed E-state index contributed by atoms with van der Waals surface area (Å²) in [6.45, 7) is 4.89. The molecule has 2 aliphatic rings. The van der Waals surface area contributed by atoms with Crippen LogP contribution in [0, 0.1) is 5.82 Å². The minimum absolute atomic E-state index is 0.0439. The molecule has 1 fully saturated rings. The van der Waals surface area contributed by atoms with Crippen LogP contribution in [0.4, 0.5) is 10.2 Å². The van der Waals surface area contributed by atoms with Crippen molar-refractivity contribution in [3.8, 4) is 5.88 Å². The van der Waals surface area contributed by atoms with E-state index in [1.54, 1.807) is 10.7 Å². The van der Waals surface area contributed by atoms with E-state index in [1.807, 2.05) is 19.9 Å². The maximum Gasteiger partial charge on any atom is 0.256 e. The van der Waals surface area contributed by atoms with E-state index in [9.17, 15) is 9.18 Å². The number of fused-ring (bicyclic) bond motifs is 5. The van der Waals surface area contributed by atoms with Crippen LogP contribution in [0.25, 0.3) is 5.65 Å². The zero-order valence-corrected chi connectivity index (χ0v) is 16.6. The molecule has 3 aromatic heterocycles. The Morgan fingerprint density at radius 1 is 1.27 bits per heavy atom. The summed E-state index contributed by atoms with van der Waals surface area (Å²) in [5, 5.41) is 7.07. The van der Waals surface area contributed by atoms with Crippen LogP contribution in [0.5, 0.6) is 5.88 Å². The van der Waals surface area contributed by atoms with Gasteiger partial charge in [0.2, 0.25) is 5.88 Å². The van der Waals surface area contributed by atoms with Crippen LogP contribution in [-0.2, 0) is 4.74 Å². The normalized spacial score (nSPS) is 24.2. The quantitative estimate of drug-likeness (QED) is 0.601. The minimum atomic E-state index is -0.456. The maximum absolute atomic E-state index is 14.2. The van der Waals surface area contributed by atoms with Crippen LogP contribution in [0.15, 0.2) is 30.7 Å². The molecule has 3 aromatic rings. The minimum Gasteiger partial charge on any atom is -0.473 e. The Labute approximate surface area is 171 Å². The lowest BCUT2D eigenvalue weighted by molar-refractivity contribution is 0.0685. The van der Waals surface area contributed by atoms with Gasteiger partial charge in [0.25, 0.3) is 5.91 Å². The molecule has 1 amide bonds. The summed E-state index contributed by atoms with van der Waals surface area (Å²) >= 11 is 0. The van der Waals surface area contributed by atoms with Crippen molar-refractivity contribution in [3.63, 3.8) is 0 Å². The second kappa shape index (κ2) is 7.21. The van der Waals surface area contributed by atoms with E-state index in [-0.39, 0.29) is 30.6 Å². The van der Waals surface area contributed by atoms with Crippen LogP contribution in [0.3, 0.4) is 0 Å². The summed E-state index contributed by atoms with van der Waals surface area (Å²) in [6.07, 6.45) is 4.00. The first-order valence-electron chi connectivity index (χ1n) is 9.82. The highest BCUT2D eigenvalue weighted by Crippen LogP contribution is 2.36. The van der Waals surface area contributed by atoms with Crippen LogP contribution >= 0.6 is 0 Å². The van der Waals surface area contributed by atoms with Crippen molar-refractivity contribution in [1.29, 1.82) is 0 Å². The third-order valence-corrected chi connectivity index (χ3v) is 5.38. The van der Waals surface area contributed by atoms with Gasteiger partial charge in [0.15, 0.2) is 5.65 Å². The topological polar surface area (TPSA) is 93.9 Å². The van der Waals surface area contributed by atoms with Crippen molar-refractivity contribution >= 4 is 17.4 Å². The van der Waals surface area contributed by atoms with Crippen molar-refractivity contribution in [2.75, 3.05) is 24.7 Å². The first kappa shape index (κ1) is 18.7. The van der Waals surface area contributed by atoms with Gasteiger partial charge in [-0.15, -0.1) is 0 Å².